The van der Waals surface area contributed by atoms with Crippen LogP contribution in [0.4, 0.5) is 0 Å². The van der Waals surface area contributed by atoms with Crippen molar-refractivity contribution >= 4 is 45.3 Å². The Hall–Kier alpha value is -1.81. The van der Waals surface area contributed by atoms with Gasteiger partial charge in [0.1, 0.15) is 0 Å². The zero-order chi connectivity index (χ0) is 20.2. The smallest absolute Gasteiger partial charge is 0.337 e. The quantitative estimate of drug-likeness (QED) is 0.634. The largest absolute Gasteiger partial charge is 0.481 e. The second kappa shape index (κ2) is 8.92. The van der Waals surface area contributed by atoms with E-state index in [4.69, 9.17) is 33.0 Å². The molecule has 1 aromatic carbocycles. The Bertz CT molecular complexity index is 872. The second-order valence-electron chi connectivity index (χ2n) is 5.63. The molecule has 148 valence electrons. The molecular formula is C16H18Cl2N2O6S. The molecule has 0 radical (unpaired) electrons. The predicted molar refractivity (Wildman–Crippen MR) is 99.6 cm³/mol. The first-order chi connectivity index (χ1) is 12.7. The van der Waals surface area contributed by atoms with Crippen molar-refractivity contribution in [2.24, 2.45) is 0 Å². The highest BCUT2D eigenvalue weighted by Crippen LogP contribution is 2.34. The van der Waals surface area contributed by atoms with E-state index in [2.05, 4.69) is 4.72 Å². The highest BCUT2D eigenvalue weighted by molar-refractivity contribution is 7.87. The number of aliphatic carboxylic acids is 1. The van der Waals surface area contributed by atoms with Crippen LogP contribution in [-0.2, 0) is 24.5 Å². The number of carbonyl (C=O) groups excluding carboxylic acids is 1. The standard InChI is InChI=1S/C16H18Cl2N2O6S/c1-2-26-16(23)12-9-20(7-3-4-14(21)22)27(24,25)19-15(12)11-6-5-10(17)8-13(11)18/h5-6,8-9,15,19H,2-4,7H2,1H3,(H,21,22). The lowest BCUT2D eigenvalue weighted by atomic mass is 10.00. The minimum absolute atomic E-state index is 0.0335. The summed E-state index contributed by atoms with van der Waals surface area (Å²) in [6.45, 7) is 1.62. The van der Waals surface area contributed by atoms with Crippen LogP contribution in [0, 0.1) is 0 Å². The Labute approximate surface area is 166 Å². The molecule has 0 fully saturated rings. The van der Waals surface area contributed by atoms with Gasteiger partial charge < -0.3 is 9.84 Å². The van der Waals surface area contributed by atoms with Crippen LogP contribution in [0.5, 0.6) is 0 Å². The molecule has 1 aromatic rings. The van der Waals surface area contributed by atoms with Crippen LogP contribution < -0.4 is 4.72 Å². The van der Waals surface area contributed by atoms with E-state index >= 15 is 0 Å². The van der Waals surface area contributed by atoms with Crippen molar-refractivity contribution in [1.82, 2.24) is 9.03 Å². The number of hydrogen-bond acceptors (Lipinski definition) is 5. The predicted octanol–water partition coefficient (Wildman–Crippen LogP) is 2.50. The lowest BCUT2D eigenvalue weighted by Gasteiger charge is -2.32. The first kappa shape index (κ1) is 21.5. The van der Waals surface area contributed by atoms with Gasteiger partial charge in [0.2, 0.25) is 0 Å². The number of hydrogen-bond donors (Lipinski definition) is 2. The molecule has 2 N–H and O–H groups in total. The van der Waals surface area contributed by atoms with Gasteiger partial charge in [0, 0.05) is 29.2 Å². The summed E-state index contributed by atoms with van der Waals surface area (Å²) in [4.78, 5) is 23.0. The Kier molecular flexibility index (Phi) is 7.10. The minimum Gasteiger partial charge on any atom is -0.481 e. The van der Waals surface area contributed by atoms with Gasteiger partial charge >= 0.3 is 22.1 Å². The number of carboxylic acid groups (broad SMARTS) is 1. The number of benzene rings is 1. The van der Waals surface area contributed by atoms with E-state index in [0.29, 0.717) is 10.6 Å². The van der Waals surface area contributed by atoms with Gasteiger partial charge in [0.25, 0.3) is 0 Å². The van der Waals surface area contributed by atoms with Gasteiger partial charge in [-0.3, -0.25) is 9.10 Å². The molecule has 1 aliphatic heterocycles. The van der Waals surface area contributed by atoms with Crippen LogP contribution in [0.1, 0.15) is 31.4 Å². The highest BCUT2D eigenvalue weighted by atomic mass is 35.5. The molecule has 11 heteroatoms. The van der Waals surface area contributed by atoms with Gasteiger partial charge in [-0.25, -0.2) is 4.79 Å². The Morgan fingerprint density at radius 1 is 1.33 bits per heavy atom. The van der Waals surface area contributed by atoms with E-state index in [9.17, 15) is 18.0 Å². The van der Waals surface area contributed by atoms with Gasteiger partial charge in [0.05, 0.1) is 18.2 Å². The molecule has 0 aromatic heterocycles. The summed E-state index contributed by atoms with van der Waals surface area (Å²) >= 11 is 12.1. The summed E-state index contributed by atoms with van der Waals surface area (Å²) in [6, 6.07) is 3.42. The van der Waals surface area contributed by atoms with Gasteiger partial charge in [-0.1, -0.05) is 29.3 Å². The summed E-state index contributed by atoms with van der Waals surface area (Å²) in [5, 5.41) is 9.27. The number of ether oxygens (including phenoxy) is 1. The molecule has 2 rings (SSSR count). The molecule has 27 heavy (non-hydrogen) atoms. The van der Waals surface area contributed by atoms with Gasteiger partial charge in [-0.15, -0.1) is 0 Å². The molecule has 1 atom stereocenters. The fourth-order valence-electron chi connectivity index (χ4n) is 2.50. The van der Waals surface area contributed by atoms with Crippen molar-refractivity contribution < 1.29 is 27.9 Å². The van der Waals surface area contributed by atoms with Crippen LogP contribution in [0.25, 0.3) is 0 Å². The summed E-state index contributed by atoms with van der Waals surface area (Å²) in [5.41, 5.74) is 0.375. The molecule has 1 aliphatic rings. The van der Waals surface area contributed by atoms with Crippen LogP contribution in [0.3, 0.4) is 0 Å². The zero-order valence-electron chi connectivity index (χ0n) is 14.3. The average molecular weight is 437 g/mol. The maximum atomic E-state index is 12.5. The summed E-state index contributed by atoms with van der Waals surface area (Å²) in [7, 11) is -4.01. The van der Waals surface area contributed by atoms with Gasteiger partial charge in [-0.2, -0.15) is 13.1 Å². The number of nitrogens with zero attached hydrogens (tertiary/aromatic N) is 1. The molecule has 0 aliphatic carbocycles. The number of halogens is 2. The van der Waals surface area contributed by atoms with Gasteiger partial charge in [0.15, 0.2) is 0 Å². The maximum absolute atomic E-state index is 12.5. The Balaban J connectivity index is 2.44. The van der Waals surface area contributed by atoms with Crippen molar-refractivity contribution in [3.63, 3.8) is 0 Å². The van der Waals surface area contributed by atoms with E-state index in [1.165, 1.54) is 18.2 Å². The molecule has 0 saturated heterocycles. The SMILES string of the molecule is CCOC(=O)C1=CN(CCCC(=O)O)S(=O)(=O)NC1c1ccc(Cl)cc1Cl. The maximum Gasteiger partial charge on any atom is 0.337 e. The van der Waals surface area contributed by atoms with E-state index < -0.39 is 28.2 Å². The van der Waals surface area contributed by atoms with Gasteiger partial charge in [-0.05, 0) is 31.0 Å². The highest BCUT2D eigenvalue weighted by Gasteiger charge is 2.37. The molecule has 0 spiro atoms. The lowest BCUT2D eigenvalue weighted by molar-refractivity contribution is -0.139. The summed E-state index contributed by atoms with van der Waals surface area (Å²) < 4.78 is 33.4. The average Bonchev–Trinajstić information content (AvgIpc) is 2.55. The zero-order valence-corrected chi connectivity index (χ0v) is 16.6. The number of nitrogens with one attached hydrogen (secondary N) is 1. The van der Waals surface area contributed by atoms with Crippen molar-refractivity contribution in [1.29, 1.82) is 0 Å². The molecule has 1 heterocycles. The summed E-state index contributed by atoms with van der Waals surface area (Å²) in [5.74, 6) is -1.75. The van der Waals surface area contributed by atoms with Crippen molar-refractivity contribution in [3.05, 3.63) is 45.6 Å². The van der Waals surface area contributed by atoms with Crippen molar-refractivity contribution in [3.8, 4) is 0 Å². The van der Waals surface area contributed by atoms with Crippen molar-refractivity contribution in [2.45, 2.75) is 25.8 Å². The number of rotatable bonds is 7. The topological polar surface area (TPSA) is 113 Å². The van der Waals surface area contributed by atoms with E-state index in [-0.39, 0.29) is 36.6 Å². The third kappa shape index (κ3) is 5.35. The van der Waals surface area contributed by atoms with Crippen LogP contribution in [0.2, 0.25) is 10.0 Å². The molecule has 1 unspecified atom stereocenters. The summed E-state index contributed by atoms with van der Waals surface area (Å²) in [6.07, 6.45) is 1.03. The number of carbonyl (C=O) groups is 2. The third-order valence-corrected chi connectivity index (χ3v) is 5.72. The fourth-order valence-corrected chi connectivity index (χ4v) is 4.33. The minimum atomic E-state index is -4.01. The number of esters is 1. The first-order valence-electron chi connectivity index (χ1n) is 8.00. The fraction of sp³-hybridized carbons (Fsp3) is 0.375. The third-order valence-electron chi connectivity index (χ3n) is 3.72. The lowest BCUT2D eigenvalue weighted by Crippen LogP contribution is -2.46. The van der Waals surface area contributed by atoms with Crippen LogP contribution in [-0.4, -0.2) is 42.9 Å². The molecule has 8 nitrogen and oxygen atoms in total. The second-order valence-corrected chi connectivity index (χ2v) is 8.13. The van der Waals surface area contributed by atoms with Crippen LogP contribution >= 0.6 is 23.2 Å². The molecule has 0 amide bonds. The van der Waals surface area contributed by atoms with Crippen molar-refractivity contribution in [2.75, 3.05) is 13.2 Å². The van der Waals surface area contributed by atoms with E-state index in [1.54, 1.807) is 6.92 Å². The Morgan fingerprint density at radius 3 is 2.63 bits per heavy atom. The monoisotopic (exact) mass is 436 g/mol. The normalized spacial score (nSPS) is 18.7. The number of carboxylic acids is 1. The molecule has 0 saturated carbocycles. The van der Waals surface area contributed by atoms with Crippen LogP contribution in [0.15, 0.2) is 30.0 Å². The van der Waals surface area contributed by atoms with E-state index in [1.807, 2.05) is 0 Å². The van der Waals surface area contributed by atoms with E-state index in [0.717, 1.165) is 10.5 Å². The first-order valence-corrected chi connectivity index (χ1v) is 10.2. The Morgan fingerprint density at radius 2 is 2.04 bits per heavy atom. The molecular weight excluding hydrogens is 419 g/mol. The molecule has 0 bridgehead atoms.